The maximum atomic E-state index is 3.76. The van der Waals surface area contributed by atoms with Gasteiger partial charge < -0.3 is 10.6 Å². The Morgan fingerprint density at radius 3 is 2.53 bits per heavy atom. The summed E-state index contributed by atoms with van der Waals surface area (Å²) in [6.45, 7) is 7.02. The first-order valence-electron chi connectivity index (χ1n) is 7.77. The Morgan fingerprint density at radius 1 is 1.21 bits per heavy atom. The summed E-state index contributed by atoms with van der Waals surface area (Å²) >= 11 is 0. The lowest BCUT2D eigenvalue weighted by molar-refractivity contribution is 0.292. The van der Waals surface area contributed by atoms with Gasteiger partial charge in [0, 0.05) is 12.0 Å². The number of hydrogen-bond donors (Lipinski definition) is 2. The normalized spacial score (nSPS) is 29.1. The van der Waals surface area contributed by atoms with Crippen LogP contribution in [-0.2, 0) is 5.41 Å². The summed E-state index contributed by atoms with van der Waals surface area (Å²) in [5.74, 6) is 1.89. The van der Waals surface area contributed by atoms with Gasteiger partial charge in [0.05, 0.1) is 0 Å². The van der Waals surface area contributed by atoms with Gasteiger partial charge in [0.2, 0.25) is 0 Å². The van der Waals surface area contributed by atoms with Crippen molar-refractivity contribution in [1.82, 2.24) is 10.6 Å². The largest absolute Gasteiger partial charge is 0.317 e. The molecule has 2 N–H and O–H groups in total. The van der Waals surface area contributed by atoms with E-state index >= 15 is 0 Å². The van der Waals surface area contributed by atoms with Gasteiger partial charge in [-0.25, -0.2) is 0 Å². The van der Waals surface area contributed by atoms with Crippen molar-refractivity contribution in [3.8, 4) is 0 Å². The molecule has 1 aromatic rings. The van der Waals surface area contributed by atoms with Crippen molar-refractivity contribution in [2.75, 3.05) is 26.2 Å². The van der Waals surface area contributed by atoms with Gasteiger partial charge >= 0.3 is 0 Å². The number of benzene rings is 1. The predicted octanol–water partition coefficient (Wildman–Crippen LogP) is 2.55. The summed E-state index contributed by atoms with van der Waals surface area (Å²) in [5.41, 5.74) is 1.87. The smallest absolute Gasteiger partial charge is 0.0102 e. The van der Waals surface area contributed by atoms with Crippen molar-refractivity contribution in [2.24, 2.45) is 11.8 Å². The van der Waals surface area contributed by atoms with Crippen molar-refractivity contribution in [3.05, 3.63) is 35.9 Å². The van der Waals surface area contributed by atoms with Crippen molar-refractivity contribution in [3.63, 3.8) is 0 Å². The van der Waals surface area contributed by atoms with Gasteiger partial charge in [-0.3, -0.25) is 0 Å². The van der Waals surface area contributed by atoms with E-state index in [0.717, 1.165) is 31.5 Å². The second-order valence-corrected chi connectivity index (χ2v) is 6.50. The molecule has 0 spiro atoms. The lowest BCUT2D eigenvalue weighted by Gasteiger charge is -2.38. The van der Waals surface area contributed by atoms with E-state index in [1.165, 1.54) is 31.4 Å². The van der Waals surface area contributed by atoms with Crippen molar-refractivity contribution in [2.45, 2.75) is 31.6 Å². The van der Waals surface area contributed by atoms with E-state index in [0.29, 0.717) is 5.41 Å². The SMILES string of the molecule is CC1CC1CNCC1(c2ccccc2)CCNCC1. The molecule has 0 amide bonds. The summed E-state index contributed by atoms with van der Waals surface area (Å²) in [7, 11) is 0. The number of hydrogen-bond acceptors (Lipinski definition) is 2. The van der Waals surface area contributed by atoms with E-state index in [1.54, 1.807) is 0 Å². The average Bonchev–Trinajstić information content (AvgIpc) is 3.17. The maximum Gasteiger partial charge on any atom is 0.0102 e. The first kappa shape index (κ1) is 13.1. The first-order valence-corrected chi connectivity index (χ1v) is 7.77. The monoisotopic (exact) mass is 258 g/mol. The van der Waals surface area contributed by atoms with Crippen LogP contribution in [0.4, 0.5) is 0 Å². The van der Waals surface area contributed by atoms with E-state index in [1.807, 2.05) is 0 Å². The van der Waals surface area contributed by atoms with Crippen molar-refractivity contribution in [1.29, 1.82) is 0 Å². The second-order valence-electron chi connectivity index (χ2n) is 6.50. The van der Waals surface area contributed by atoms with E-state index < -0.39 is 0 Å². The summed E-state index contributed by atoms with van der Waals surface area (Å²) in [5, 5.41) is 7.26. The molecule has 0 radical (unpaired) electrons. The molecule has 1 aromatic carbocycles. The van der Waals surface area contributed by atoms with Gasteiger partial charge in [-0.2, -0.15) is 0 Å². The highest BCUT2D eigenvalue weighted by molar-refractivity contribution is 5.27. The molecule has 1 aliphatic carbocycles. The zero-order valence-corrected chi connectivity index (χ0v) is 12.0. The fourth-order valence-corrected chi connectivity index (χ4v) is 3.44. The Hall–Kier alpha value is -0.860. The second kappa shape index (κ2) is 5.64. The van der Waals surface area contributed by atoms with E-state index in [9.17, 15) is 0 Å². The van der Waals surface area contributed by atoms with Crippen LogP contribution in [0, 0.1) is 11.8 Å². The third kappa shape index (κ3) is 3.01. The Morgan fingerprint density at radius 2 is 1.89 bits per heavy atom. The molecule has 2 heteroatoms. The predicted molar refractivity (Wildman–Crippen MR) is 80.4 cm³/mol. The standard InChI is InChI=1S/C17H26N2/c1-14-11-15(14)12-19-13-17(7-9-18-10-8-17)16-5-3-2-4-6-16/h2-6,14-15,18-19H,7-13H2,1H3. The van der Waals surface area contributed by atoms with Crippen molar-refractivity contribution >= 4 is 0 Å². The topological polar surface area (TPSA) is 24.1 Å². The number of piperidine rings is 1. The molecule has 104 valence electrons. The fraction of sp³-hybridized carbons (Fsp3) is 0.647. The number of nitrogens with one attached hydrogen (secondary N) is 2. The number of rotatable bonds is 5. The quantitative estimate of drug-likeness (QED) is 0.848. The van der Waals surface area contributed by atoms with Crippen LogP contribution in [0.5, 0.6) is 0 Å². The zero-order chi connectivity index (χ0) is 13.1. The summed E-state index contributed by atoms with van der Waals surface area (Å²) in [6, 6.07) is 11.1. The van der Waals surface area contributed by atoms with Crippen LogP contribution < -0.4 is 10.6 Å². The highest BCUT2D eigenvalue weighted by atomic mass is 14.9. The lowest BCUT2D eigenvalue weighted by Crippen LogP contribution is -2.46. The van der Waals surface area contributed by atoms with Crippen LogP contribution in [0.1, 0.15) is 31.7 Å². The van der Waals surface area contributed by atoms with Gasteiger partial charge in [0.25, 0.3) is 0 Å². The molecule has 0 bridgehead atoms. The maximum absolute atomic E-state index is 3.76. The molecule has 2 unspecified atom stereocenters. The minimum Gasteiger partial charge on any atom is -0.317 e. The summed E-state index contributed by atoms with van der Waals surface area (Å²) < 4.78 is 0. The van der Waals surface area contributed by atoms with E-state index in [-0.39, 0.29) is 0 Å². The van der Waals surface area contributed by atoms with Crippen LogP contribution in [0.2, 0.25) is 0 Å². The molecule has 1 aliphatic heterocycles. The van der Waals surface area contributed by atoms with Crippen LogP contribution in [0.15, 0.2) is 30.3 Å². The Labute approximate surface area is 117 Å². The summed E-state index contributed by atoms with van der Waals surface area (Å²) in [4.78, 5) is 0. The first-order chi connectivity index (χ1) is 9.30. The molecule has 2 fully saturated rings. The molecule has 0 aromatic heterocycles. The molecule has 2 atom stereocenters. The lowest BCUT2D eigenvalue weighted by atomic mass is 9.73. The van der Waals surface area contributed by atoms with Crippen LogP contribution in [0.25, 0.3) is 0 Å². The Kier molecular flexibility index (Phi) is 3.90. The molecule has 2 aliphatic rings. The third-order valence-corrected chi connectivity index (χ3v) is 5.09. The van der Waals surface area contributed by atoms with E-state index in [4.69, 9.17) is 0 Å². The molecular weight excluding hydrogens is 232 g/mol. The fourth-order valence-electron chi connectivity index (χ4n) is 3.44. The Balaban J connectivity index is 1.66. The zero-order valence-electron chi connectivity index (χ0n) is 12.0. The van der Waals surface area contributed by atoms with Crippen LogP contribution in [-0.4, -0.2) is 26.2 Å². The molecule has 3 rings (SSSR count). The summed E-state index contributed by atoms with van der Waals surface area (Å²) in [6.07, 6.45) is 3.93. The molecular formula is C17H26N2. The highest BCUT2D eigenvalue weighted by Gasteiger charge is 2.35. The van der Waals surface area contributed by atoms with Gasteiger partial charge in [0.15, 0.2) is 0 Å². The third-order valence-electron chi connectivity index (χ3n) is 5.09. The minimum absolute atomic E-state index is 0.352. The molecule has 2 nitrogen and oxygen atoms in total. The molecule has 1 saturated carbocycles. The average molecular weight is 258 g/mol. The van der Waals surface area contributed by atoms with Gasteiger partial charge in [-0.15, -0.1) is 0 Å². The highest BCUT2D eigenvalue weighted by Crippen LogP contribution is 2.37. The molecule has 19 heavy (non-hydrogen) atoms. The Bertz CT molecular complexity index is 395. The van der Waals surface area contributed by atoms with Crippen LogP contribution in [0.3, 0.4) is 0 Å². The van der Waals surface area contributed by atoms with Crippen LogP contribution >= 0.6 is 0 Å². The minimum atomic E-state index is 0.352. The van der Waals surface area contributed by atoms with Gasteiger partial charge in [-0.05, 0) is 56.3 Å². The molecule has 1 heterocycles. The molecule has 1 saturated heterocycles. The van der Waals surface area contributed by atoms with E-state index in [2.05, 4.69) is 47.9 Å². The van der Waals surface area contributed by atoms with Gasteiger partial charge in [0.1, 0.15) is 0 Å². The van der Waals surface area contributed by atoms with Crippen molar-refractivity contribution < 1.29 is 0 Å². The van der Waals surface area contributed by atoms with Gasteiger partial charge in [-0.1, -0.05) is 37.3 Å².